The SMILES string of the molecule is CC(C)C(NC(=O)c1n[nH]c2ccccc12)C(=O)O. The van der Waals surface area contributed by atoms with E-state index in [4.69, 9.17) is 5.11 Å². The fraction of sp³-hybridized carbons (Fsp3) is 0.308. The molecular weight excluding hydrogens is 246 g/mol. The molecule has 0 aliphatic rings. The smallest absolute Gasteiger partial charge is 0.326 e. The highest BCUT2D eigenvalue weighted by molar-refractivity contribution is 6.05. The Bertz CT molecular complexity index is 618. The number of aromatic amines is 1. The molecule has 0 saturated carbocycles. The summed E-state index contributed by atoms with van der Waals surface area (Å²) in [6.45, 7) is 3.48. The summed E-state index contributed by atoms with van der Waals surface area (Å²) in [4.78, 5) is 23.1. The number of carboxylic acids is 1. The summed E-state index contributed by atoms with van der Waals surface area (Å²) < 4.78 is 0. The van der Waals surface area contributed by atoms with Gasteiger partial charge in [0.1, 0.15) is 6.04 Å². The third-order valence-electron chi connectivity index (χ3n) is 2.90. The van der Waals surface area contributed by atoms with Gasteiger partial charge in [-0.2, -0.15) is 5.10 Å². The number of nitrogens with zero attached hydrogens (tertiary/aromatic N) is 1. The van der Waals surface area contributed by atoms with Gasteiger partial charge in [0.05, 0.1) is 5.52 Å². The maximum atomic E-state index is 12.1. The topological polar surface area (TPSA) is 95.1 Å². The van der Waals surface area contributed by atoms with Crippen molar-refractivity contribution in [3.05, 3.63) is 30.0 Å². The van der Waals surface area contributed by atoms with E-state index in [2.05, 4.69) is 15.5 Å². The number of para-hydroxylation sites is 1. The van der Waals surface area contributed by atoms with E-state index in [1.54, 1.807) is 32.0 Å². The summed E-state index contributed by atoms with van der Waals surface area (Å²) in [5.41, 5.74) is 0.951. The van der Waals surface area contributed by atoms with E-state index in [0.29, 0.717) is 5.39 Å². The van der Waals surface area contributed by atoms with Gasteiger partial charge in [0.2, 0.25) is 0 Å². The number of nitrogens with one attached hydrogen (secondary N) is 2. The van der Waals surface area contributed by atoms with E-state index in [-0.39, 0.29) is 11.6 Å². The number of aliphatic carboxylic acids is 1. The van der Waals surface area contributed by atoms with Gasteiger partial charge in [-0.25, -0.2) is 4.79 Å². The van der Waals surface area contributed by atoms with E-state index in [1.165, 1.54) is 0 Å². The third kappa shape index (κ3) is 2.57. The van der Waals surface area contributed by atoms with Crippen LogP contribution in [-0.4, -0.2) is 33.2 Å². The van der Waals surface area contributed by atoms with Crippen molar-refractivity contribution in [1.29, 1.82) is 0 Å². The lowest BCUT2D eigenvalue weighted by Crippen LogP contribution is -2.44. The van der Waals surface area contributed by atoms with Crippen LogP contribution in [-0.2, 0) is 4.79 Å². The Morgan fingerprint density at radius 1 is 1.32 bits per heavy atom. The highest BCUT2D eigenvalue weighted by Crippen LogP contribution is 2.15. The second-order valence-electron chi connectivity index (χ2n) is 4.65. The fourth-order valence-corrected chi connectivity index (χ4v) is 1.86. The first-order valence-electron chi connectivity index (χ1n) is 5.97. The molecule has 1 aromatic carbocycles. The van der Waals surface area contributed by atoms with Crippen LogP contribution in [0, 0.1) is 5.92 Å². The first-order chi connectivity index (χ1) is 9.00. The van der Waals surface area contributed by atoms with Crippen LogP contribution in [0.5, 0.6) is 0 Å². The number of fused-ring (bicyclic) bond motifs is 1. The molecule has 3 N–H and O–H groups in total. The molecule has 0 saturated heterocycles. The van der Waals surface area contributed by atoms with Gasteiger partial charge in [0.25, 0.3) is 5.91 Å². The second kappa shape index (κ2) is 5.09. The number of amides is 1. The van der Waals surface area contributed by atoms with E-state index >= 15 is 0 Å². The molecule has 0 aliphatic heterocycles. The maximum Gasteiger partial charge on any atom is 0.326 e. The minimum Gasteiger partial charge on any atom is -0.480 e. The molecule has 0 aliphatic carbocycles. The first-order valence-corrected chi connectivity index (χ1v) is 5.97. The van der Waals surface area contributed by atoms with E-state index in [9.17, 15) is 9.59 Å². The summed E-state index contributed by atoms with van der Waals surface area (Å²) in [7, 11) is 0. The Balaban J connectivity index is 2.27. The first kappa shape index (κ1) is 13.1. The van der Waals surface area contributed by atoms with Gasteiger partial charge in [-0.3, -0.25) is 9.89 Å². The maximum absolute atomic E-state index is 12.1. The quantitative estimate of drug-likeness (QED) is 0.775. The molecule has 1 heterocycles. The Hall–Kier alpha value is -2.37. The Labute approximate surface area is 109 Å². The predicted octanol–water partition coefficient (Wildman–Crippen LogP) is 1.40. The summed E-state index contributed by atoms with van der Waals surface area (Å²) in [6.07, 6.45) is 0. The average Bonchev–Trinajstić information content (AvgIpc) is 2.78. The number of hydrogen-bond donors (Lipinski definition) is 3. The summed E-state index contributed by atoms with van der Waals surface area (Å²) >= 11 is 0. The minimum absolute atomic E-state index is 0.202. The molecule has 1 aromatic heterocycles. The monoisotopic (exact) mass is 261 g/mol. The number of carboxylic acid groups (broad SMARTS) is 1. The molecule has 6 heteroatoms. The lowest BCUT2D eigenvalue weighted by molar-refractivity contribution is -0.140. The second-order valence-corrected chi connectivity index (χ2v) is 4.65. The van der Waals surface area contributed by atoms with E-state index < -0.39 is 17.9 Å². The Kier molecular flexibility index (Phi) is 3.50. The van der Waals surface area contributed by atoms with Crippen molar-refractivity contribution in [3.8, 4) is 0 Å². The van der Waals surface area contributed by atoms with E-state index in [0.717, 1.165) is 5.52 Å². The molecule has 1 atom stereocenters. The number of H-pyrrole nitrogens is 1. The highest BCUT2D eigenvalue weighted by atomic mass is 16.4. The van der Waals surface area contributed by atoms with Crippen molar-refractivity contribution in [2.45, 2.75) is 19.9 Å². The summed E-state index contributed by atoms with van der Waals surface area (Å²) in [5.74, 6) is -1.74. The molecule has 0 bridgehead atoms. The Morgan fingerprint density at radius 2 is 2.00 bits per heavy atom. The minimum atomic E-state index is -1.05. The zero-order valence-electron chi connectivity index (χ0n) is 10.7. The van der Waals surface area contributed by atoms with Crippen LogP contribution >= 0.6 is 0 Å². The molecule has 2 rings (SSSR count). The van der Waals surface area contributed by atoms with Crippen LogP contribution in [0.1, 0.15) is 24.3 Å². The number of hydrogen-bond acceptors (Lipinski definition) is 3. The molecule has 100 valence electrons. The van der Waals surface area contributed by atoms with Crippen LogP contribution in [0.2, 0.25) is 0 Å². The molecule has 0 spiro atoms. The highest BCUT2D eigenvalue weighted by Gasteiger charge is 2.25. The van der Waals surface area contributed by atoms with Crippen LogP contribution in [0.15, 0.2) is 24.3 Å². The number of rotatable bonds is 4. The van der Waals surface area contributed by atoms with Crippen LogP contribution in [0.3, 0.4) is 0 Å². The third-order valence-corrected chi connectivity index (χ3v) is 2.90. The van der Waals surface area contributed by atoms with Gasteiger partial charge in [-0.05, 0) is 12.0 Å². The molecular formula is C13H15N3O3. The van der Waals surface area contributed by atoms with Crippen LogP contribution in [0.4, 0.5) is 0 Å². The standard InChI is InChI=1S/C13H15N3O3/c1-7(2)10(13(18)19)14-12(17)11-8-5-3-4-6-9(8)15-16-11/h3-7,10H,1-2H3,(H,14,17)(H,15,16)(H,18,19). The molecule has 6 nitrogen and oxygen atoms in total. The number of benzene rings is 1. The molecule has 0 fully saturated rings. The molecule has 1 amide bonds. The van der Waals surface area contributed by atoms with Crippen LogP contribution < -0.4 is 5.32 Å². The summed E-state index contributed by atoms with van der Waals surface area (Å²) in [6, 6.07) is 6.26. The van der Waals surface area contributed by atoms with Gasteiger partial charge >= 0.3 is 5.97 Å². The number of carbonyl (C=O) groups excluding carboxylic acids is 1. The van der Waals surface area contributed by atoms with Crippen molar-refractivity contribution < 1.29 is 14.7 Å². The largest absolute Gasteiger partial charge is 0.480 e. The van der Waals surface area contributed by atoms with Crippen molar-refractivity contribution in [2.24, 2.45) is 5.92 Å². The van der Waals surface area contributed by atoms with Crippen molar-refractivity contribution in [1.82, 2.24) is 15.5 Å². The number of aromatic nitrogens is 2. The van der Waals surface area contributed by atoms with Crippen molar-refractivity contribution >= 4 is 22.8 Å². The van der Waals surface area contributed by atoms with Gasteiger partial charge in [0.15, 0.2) is 5.69 Å². The zero-order valence-corrected chi connectivity index (χ0v) is 10.7. The van der Waals surface area contributed by atoms with Gasteiger partial charge in [-0.1, -0.05) is 32.0 Å². The zero-order chi connectivity index (χ0) is 14.0. The lowest BCUT2D eigenvalue weighted by atomic mass is 10.0. The van der Waals surface area contributed by atoms with Crippen LogP contribution in [0.25, 0.3) is 10.9 Å². The van der Waals surface area contributed by atoms with E-state index in [1.807, 2.05) is 6.07 Å². The van der Waals surface area contributed by atoms with Crippen molar-refractivity contribution in [3.63, 3.8) is 0 Å². The van der Waals surface area contributed by atoms with Gasteiger partial charge in [-0.15, -0.1) is 0 Å². The normalized spacial score (nSPS) is 12.6. The molecule has 2 aromatic rings. The molecule has 0 radical (unpaired) electrons. The van der Waals surface area contributed by atoms with Gasteiger partial charge < -0.3 is 10.4 Å². The summed E-state index contributed by atoms with van der Waals surface area (Å²) in [5, 5.41) is 18.9. The average molecular weight is 261 g/mol. The van der Waals surface area contributed by atoms with Gasteiger partial charge in [0, 0.05) is 5.39 Å². The Morgan fingerprint density at radius 3 is 2.63 bits per heavy atom. The van der Waals surface area contributed by atoms with Crippen molar-refractivity contribution in [2.75, 3.05) is 0 Å². The molecule has 19 heavy (non-hydrogen) atoms. The predicted molar refractivity (Wildman–Crippen MR) is 69.8 cm³/mol. The lowest BCUT2D eigenvalue weighted by Gasteiger charge is -2.17. The molecule has 1 unspecified atom stereocenters. The number of carbonyl (C=O) groups is 2. The fourth-order valence-electron chi connectivity index (χ4n) is 1.86.